The zero-order chi connectivity index (χ0) is 19.0. The summed E-state index contributed by atoms with van der Waals surface area (Å²) in [4.78, 5) is 35.4. The third-order valence-corrected chi connectivity index (χ3v) is 4.16. The van der Waals surface area contributed by atoms with E-state index in [2.05, 4.69) is 16.7 Å². The van der Waals surface area contributed by atoms with E-state index in [4.69, 9.17) is 9.47 Å². The first-order valence-corrected chi connectivity index (χ1v) is 8.28. The average Bonchev–Trinajstić information content (AvgIpc) is 3.13. The van der Waals surface area contributed by atoms with Crippen LogP contribution in [0.25, 0.3) is 0 Å². The van der Waals surface area contributed by atoms with Gasteiger partial charge in [-0.25, -0.2) is 0 Å². The molecule has 1 aliphatic carbocycles. The average molecular weight is 359 g/mol. The van der Waals surface area contributed by atoms with E-state index in [-0.39, 0.29) is 6.54 Å². The number of carbonyl (C=O) groups is 3. The second-order valence-electron chi connectivity index (χ2n) is 6.02. The van der Waals surface area contributed by atoms with E-state index < -0.39 is 29.9 Å². The molecule has 0 unspecified atom stereocenters. The van der Waals surface area contributed by atoms with Crippen LogP contribution in [0.15, 0.2) is 24.3 Å². The quantitative estimate of drug-likeness (QED) is 0.699. The van der Waals surface area contributed by atoms with Crippen molar-refractivity contribution in [1.82, 2.24) is 10.6 Å². The molecule has 0 radical (unpaired) electrons. The molecule has 2 N–H and O–H groups in total. The Morgan fingerprint density at radius 3 is 2.42 bits per heavy atom. The maximum absolute atomic E-state index is 11.9. The van der Waals surface area contributed by atoms with Gasteiger partial charge in [-0.2, -0.15) is 5.26 Å². The van der Waals surface area contributed by atoms with Crippen molar-refractivity contribution in [3.8, 4) is 11.8 Å². The minimum absolute atomic E-state index is 0.360. The monoisotopic (exact) mass is 359 g/mol. The fourth-order valence-corrected chi connectivity index (χ4v) is 2.74. The molecule has 2 amide bonds. The number of amides is 2. The van der Waals surface area contributed by atoms with Gasteiger partial charge in [0.25, 0.3) is 11.8 Å². The van der Waals surface area contributed by atoms with Gasteiger partial charge in [-0.3, -0.25) is 14.4 Å². The molecule has 0 aliphatic heterocycles. The number of benzene rings is 1. The van der Waals surface area contributed by atoms with Crippen LogP contribution in [0.3, 0.4) is 0 Å². The van der Waals surface area contributed by atoms with E-state index in [0.717, 1.165) is 12.8 Å². The highest BCUT2D eigenvalue weighted by Gasteiger charge is 2.35. The Morgan fingerprint density at radius 2 is 1.85 bits per heavy atom. The smallest absolute Gasteiger partial charge is 0.325 e. The number of carbonyl (C=O) groups excluding carboxylic acids is 3. The number of nitriles is 1. The van der Waals surface area contributed by atoms with Gasteiger partial charge < -0.3 is 20.1 Å². The number of methoxy groups -OCH3 is 1. The third-order valence-electron chi connectivity index (χ3n) is 4.16. The molecular formula is C18H21N3O5. The van der Waals surface area contributed by atoms with Crippen LogP contribution in [0.2, 0.25) is 0 Å². The van der Waals surface area contributed by atoms with Gasteiger partial charge in [-0.15, -0.1) is 0 Å². The van der Waals surface area contributed by atoms with E-state index in [0.29, 0.717) is 24.2 Å². The number of rotatable bonds is 7. The van der Waals surface area contributed by atoms with Crippen molar-refractivity contribution in [2.75, 3.05) is 20.3 Å². The van der Waals surface area contributed by atoms with Gasteiger partial charge in [0.1, 0.15) is 17.8 Å². The number of nitrogens with zero attached hydrogens (tertiary/aromatic N) is 1. The van der Waals surface area contributed by atoms with E-state index in [1.54, 1.807) is 24.3 Å². The van der Waals surface area contributed by atoms with Gasteiger partial charge in [-0.1, -0.05) is 0 Å². The molecule has 1 saturated carbocycles. The Kier molecular flexibility index (Phi) is 6.55. The number of esters is 1. The van der Waals surface area contributed by atoms with Crippen molar-refractivity contribution in [2.45, 2.75) is 31.2 Å². The predicted octanol–water partition coefficient (Wildman–Crippen LogP) is 0.921. The first-order valence-electron chi connectivity index (χ1n) is 8.28. The van der Waals surface area contributed by atoms with E-state index >= 15 is 0 Å². The molecule has 1 aromatic carbocycles. The summed E-state index contributed by atoms with van der Waals surface area (Å²) < 4.78 is 9.83. The fraction of sp³-hybridized carbons (Fsp3) is 0.444. The molecule has 0 atom stereocenters. The molecule has 8 nitrogen and oxygen atoms in total. The standard InChI is InChI=1S/C18H21N3O5/c1-25-14-6-4-13(5-7-14)17(24)20-10-16(23)26-11-15(22)21-18(12-19)8-2-3-9-18/h4-7H,2-3,8-11H2,1H3,(H,20,24)(H,21,22). The Hall–Kier alpha value is -3.08. The summed E-state index contributed by atoms with van der Waals surface area (Å²) >= 11 is 0. The molecule has 2 rings (SSSR count). The largest absolute Gasteiger partial charge is 0.497 e. The molecule has 0 bridgehead atoms. The lowest BCUT2D eigenvalue weighted by molar-refractivity contribution is -0.147. The molecule has 8 heteroatoms. The van der Waals surface area contributed by atoms with Crippen LogP contribution in [0.5, 0.6) is 5.75 Å². The van der Waals surface area contributed by atoms with E-state index in [9.17, 15) is 19.6 Å². The summed E-state index contributed by atoms with van der Waals surface area (Å²) in [5.74, 6) is -1.09. The van der Waals surface area contributed by atoms with Crippen LogP contribution < -0.4 is 15.4 Å². The van der Waals surface area contributed by atoms with Crippen molar-refractivity contribution in [1.29, 1.82) is 5.26 Å². The molecule has 1 fully saturated rings. The predicted molar refractivity (Wildman–Crippen MR) is 91.2 cm³/mol. The molecule has 26 heavy (non-hydrogen) atoms. The zero-order valence-corrected chi connectivity index (χ0v) is 14.5. The highest BCUT2D eigenvalue weighted by molar-refractivity contribution is 5.96. The highest BCUT2D eigenvalue weighted by Crippen LogP contribution is 2.28. The first-order chi connectivity index (χ1) is 12.5. The Labute approximate surface area is 151 Å². The summed E-state index contributed by atoms with van der Waals surface area (Å²) in [5, 5.41) is 14.2. The number of hydrogen-bond acceptors (Lipinski definition) is 6. The van der Waals surface area contributed by atoms with Gasteiger partial charge in [0.15, 0.2) is 6.61 Å². The molecular weight excluding hydrogens is 338 g/mol. The molecule has 0 aromatic heterocycles. The Morgan fingerprint density at radius 1 is 1.19 bits per heavy atom. The van der Waals surface area contributed by atoms with Crippen LogP contribution in [0.4, 0.5) is 0 Å². The first kappa shape index (κ1) is 19.2. The summed E-state index contributed by atoms with van der Waals surface area (Å²) in [6.07, 6.45) is 2.96. The van der Waals surface area contributed by atoms with Crippen molar-refractivity contribution in [3.63, 3.8) is 0 Å². The Bertz CT molecular complexity index is 703. The fourth-order valence-electron chi connectivity index (χ4n) is 2.74. The normalized spacial score (nSPS) is 14.8. The molecule has 0 saturated heterocycles. The van der Waals surface area contributed by atoms with Gasteiger partial charge in [0, 0.05) is 5.56 Å². The molecule has 0 heterocycles. The second kappa shape index (κ2) is 8.85. The van der Waals surface area contributed by atoms with Gasteiger partial charge in [0.05, 0.1) is 13.2 Å². The highest BCUT2D eigenvalue weighted by atomic mass is 16.5. The molecule has 138 valence electrons. The third kappa shape index (κ3) is 5.21. The molecule has 1 aliphatic rings. The lowest BCUT2D eigenvalue weighted by Gasteiger charge is -2.21. The van der Waals surface area contributed by atoms with E-state index in [1.165, 1.54) is 7.11 Å². The molecule has 0 spiro atoms. The van der Waals surface area contributed by atoms with Crippen LogP contribution in [0, 0.1) is 11.3 Å². The van der Waals surface area contributed by atoms with Crippen molar-refractivity contribution in [2.24, 2.45) is 0 Å². The minimum atomic E-state index is -0.855. The summed E-state index contributed by atoms with van der Waals surface area (Å²) in [7, 11) is 1.52. The van der Waals surface area contributed by atoms with Crippen LogP contribution in [0.1, 0.15) is 36.0 Å². The summed E-state index contributed by atoms with van der Waals surface area (Å²) in [6, 6.07) is 8.52. The second-order valence-corrected chi connectivity index (χ2v) is 6.02. The Balaban J connectivity index is 1.72. The van der Waals surface area contributed by atoms with Gasteiger partial charge in [-0.05, 0) is 49.9 Å². The van der Waals surface area contributed by atoms with Gasteiger partial charge in [0.2, 0.25) is 0 Å². The van der Waals surface area contributed by atoms with Gasteiger partial charge >= 0.3 is 5.97 Å². The number of ether oxygens (including phenoxy) is 2. The summed E-state index contributed by atoms with van der Waals surface area (Å²) in [6.45, 7) is -0.845. The van der Waals surface area contributed by atoms with Crippen LogP contribution in [-0.4, -0.2) is 43.6 Å². The topological polar surface area (TPSA) is 118 Å². The minimum Gasteiger partial charge on any atom is -0.497 e. The number of nitrogens with one attached hydrogen (secondary N) is 2. The maximum atomic E-state index is 11.9. The number of hydrogen-bond donors (Lipinski definition) is 2. The SMILES string of the molecule is COc1ccc(C(=O)NCC(=O)OCC(=O)NC2(C#N)CCCC2)cc1. The van der Waals surface area contributed by atoms with Crippen LogP contribution >= 0.6 is 0 Å². The van der Waals surface area contributed by atoms with Crippen molar-refractivity contribution >= 4 is 17.8 Å². The zero-order valence-electron chi connectivity index (χ0n) is 14.5. The van der Waals surface area contributed by atoms with Crippen LogP contribution in [-0.2, 0) is 14.3 Å². The molecule has 1 aromatic rings. The van der Waals surface area contributed by atoms with Crippen molar-refractivity contribution in [3.05, 3.63) is 29.8 Å². The maximum Gasteiger partial charge on any atom is 0.325 e. The summed E-state index contributed by atoms with van der Waals surface area (Å²) in [5.41, 5.74) is -0.486. The lowest BCUT2D eigenvalue weighted by atomic mass is 10.00. The van der Waals surface area contributed by atoms with Crippen molar-refractivity contribution < 1.29 is 23.9 Å². The van der Waals surface area contributed by atoms with E-state index in [1.807, 2.05) is 0 Å². The lowest BCUT2D eigenvalue weighted by Crippen LogP contribution is -2.47.